The van der Waals surface area contributed by atoms with Gasteiger partial charge in [0.15, 0.2) is 0 Å². The highest BCUT2D eigenvalue weighted by atomic mass is 16.5. The molecule has 1 aliphatic carbocycles. The second kappa shape index (κ2) is 5.13. The molecule has 2 heteroatoms. The summed E-state index contributed by atoms with van der Waals surface area (Å²) in [6.45, 7) is 1.28. The van der Waals surface area contributed by atoms with Gasteiger partial charge in [0, 0.05) is 13.2 Å². The fraction of sp³-hybridized carbons (Fsp3) is 1.00. The lowest BCUT2D eigenvalue weighted by Crippen LogP contribution is -2.39. The minimum absolute atomic E-state index is 0.334. The van der Waals surface area contributed by atoms with Crippen LogP contribution in [-0.4, -0.2) is 24.4 Å². The Hall–Kier alpha value is -0.0800. The summed E-state index contributed by atoms with van der Waals surface area (Å²) >= 11 is 0. The van der Waals surface area contributed by atoms with E-state index < -0.39 is 0 Å². The highest BCUT2D eigenvalue weighted by Gasteiger charge is 2.34. The zero-order valence-corrected chi connectivity index (χ0v) is 8.95. The van der Waals surface area contributed by atoms with Crippen molar-refractivity contribution in [1.82, 2.24) is 0 Å². The molecule has 0 bridgehead atoms. The molecule has 14 heavy (non-hydrogen) atoms. The Bertz CT molecular complexity index is 160. The van der Waals surface area contributed by atoms with Crippen LogP contribution in [0.2, 0.25) is 0 Å². The molecule has 0 amide bonds. The van der Waals surface area contributed by atoms with Crippen LogP contribution in [-0.2, 0) is 4.74 Å². The minimum atomic E-state index is 0.334. The molecule has 1 heterocycles. The summed E-state index contributed by atoms with van der Waals surface area (Å²) in [5.74, 6) is 1.48. The first-order valence-electron chi connectivity index (χ1n) is 6.14. The summed E-state index contributed by atoms with van der Waals surface area (Å²) < 4.78 is 5.59. The van der Waals surface area contributed by atoms with Gasteiger partial charge in [-0.15, -0.1) is 0 Å². The van der Waals surface area contributed by atoms with Gasteiger partial charge in [-0.25, -0.2) is 0 Å². The van der Waals surface area contributed by atoms with Crippen molar-refractivity contribution in [2.24, 2.45) is 11.8 Å². The third kappa shape index (κ3) is 2.29. The topological polar surface area (TPSA) is 29.5 Å². The summed E-state index contributed by atoms with van der Waals surface area (Å²) in [5, 5.41) is 9.08. The Morgan fingerprint density at radius 2 is 1.86 bits per heavy atom. The van der Waals surface area contributed by atoms with Crippen LogP contribution in [0.3, 0.4) is 0 Å². The zero-order chi connectivity index (χ0) is 9.80. The molecule has 82 valence electrons. The first-order chi connectivity index (χ1) is 6.92. The number of hydrogen-bond acceptors (Lipinski definition) is 2. The summed E-state index contributed by atoms with van der Waals surface area (Å²) in [6, 6.07) is 0. The van der Waals surface area contributed by atoms with E-state index >= 15 is 0 Å². The Labute approximate surface area is 86.6 Å². The maximum absolute atomic E-state index is 9.08. The van der Waals surface area contributed by atoms with E-state index in [4.69, 9.17) is 9.84 Å². The second-order valence-corrected chi connectivity index (χ2v) is 4.77. The molecule has 0 aromatic carbocycles. The second-order valence-electron chi connectivity index (χ2n) is 4.77. The van der Waals surface area contributed by atoms with Gasteiger partial charge in [0.1, 0.15) is 0 Å². The van der Waals surface area contributed by atoms with Crippen molar-refractivity contribution in [3.05, 3.63) is 0 Å². The predicted octanol–water partition coefficient (Wildman–Crippen LogP) is 2.35. The molecule has 1 saturated heterocycles. The Morgan fingerprint density at radius 3 is 2.36 bits per heavy atom. The van der Waals surface area contributed by atoms with Crippen molar-refractivity contribution in [1.29, 1.82) is 0 Å². The third-order valence-electron chi connectivity index (χ3n) is 3.93. The minimum Gasteiger partial charge on any atom is -0.396 e. The van der Waals surface area contributed by atoms with Crippen LogP contribution in [0.1, 0.15) is 44.9 Å². The number of rotatable bonds is 4. The smallest absolute Gasteiger partial charge is 0.0628 e. The maximum Gasteiger partial charge on any atom is 0.0628 e. The van der Waals surface area contributed by atoms with Crippen LogP contribution < -0.4 is 0 Å². The number of aliphatic hydroxyl groups is 1. The van der Waals surface area contributed by atoms with Gasteiger partial charge >= 0.3 is 0 Å². The molecule has 2 fully saturated rings. The number of hydrogen-bond donors (Lipinski definition) is 1. The van der Waals surface area contributed by atoms with Gasteiger partial charge < -0.3 is 9.84 Å². The van der Waals surface area contributed by atoms with Crippen LogP contribution >= 0.6 is 0 Å². The van der Waals surface area contributed by atoms with Crippen molar-refractivity contribution in [2.75, 3.05) is 13.2 Å². The summed E-state index contributed by atoms with van der Waals surface area (Å²) in [4.78, 5) is 0. The van der Waals surface area contributed by atoms with Gasteiger partial charge in [-0.3, -0.25) is 0 Å². The SMILES string of the molecule is OCCC(C1CCCCC1)C1CCO1. The van der Waals surface area contributed by atoms with E-state index in [-0.39, 0.29) is 0 Å². The highest BCUT2D eigenvalue weighted by Crippen LogP contribution is 2.37. The largest absolute Gasteiger partial charge is 0.396 e. The molecule has 1 aliphatic heterocycles. The molecule has 2 nitrogen and oxygen atoms in total. The van der Waals surface area contributed by atoms with Gasteiger partial charge in [0.05, 0.1) is 6.10 Å². The standard InChI is InChI=1S/C12H22O2/c13-8-6-11(12-7-9-14-12)10-4-2-1-3-5-10/h10-13H,1-9H2. The molecular formula is C12H22O2. The predicted molar refractivity (Wildman–Crippen MR) is 56.1 cm³/mol. The Balaban J connectivity index is 1.86. The van der Waals surface area contributed by atoms with E-state index in [0.717, 1.165) is 18.9 Å². The number of aliphatic hydroxyl groups excluding tert-OH is 1. The van der Waals surface area contributed by atoms with E-state index in [1.807, 2.05) is 0 Å². The molecule has 0 spiro atoms. The molecule has 2 aliphatic rings. The van der Waals surface area contributed by atoms with Crippen LogP contribution in [0, 0.1) is 11.8 Å². The van der Waals surface area contributed by atoms with Crippen LogP contribution in [0.25, 0.3) is 0 Å². The van der Waals surface area contributed by atoms with E-state index in [9.17, 15) is 0 Å². The van der Waals surface area contributed by atoms with Crippen LogP contribution in [0.15, 0.2) is 0 Å². The lowest BCUT2D eigenvalue weighted by atomic mass is 9.74. The van der Waals surface area contributed by atoms with E-state index in [1.165, 1.54) is 38.5 Å². The molecule has 2 unspecified atom stereocenters. The molecule has 0 radical (unpaired) electrons. The van der Waals surface area contributed by atoms with E-state index in [0.29, 0.717) is 18.6 Å². The zero-order valence-electron chi connectivity index (χ0n) is 8.95. The lowest BCUT2D eigenvalue weighted by Gasteiger charge is -2.40. The number of ether oxygens (including phenoxy) is 1. The van der Waals surface area contributed by atoms with Crippen LogP contribution in [0.4, 0.5) is 0 Å². The van der Waals surface area contributed by atoms with Gasteiger partial charge in [0.25, 0.3) is 0 Å². The summed E-state index contributed by atoms with van der Waals surface area (Å²) in [6.07, 6.45) is 9.57. The fourth-order valence-corrected chi connectivity index (χ4v) is 3.03. The van der Waals surface area contributed by atoms with Crippen molar-refractivity contribution in [3.63, 3.8) is 0 Å². The summed E-state index contributed by atoms with van der Waals surface area (Å²) in [7, 11) is 0. The molecule has 0 aromatic rings. The van der Waals surface area contributed by atoms with Crippen molar-refractivity contribution in [2.45, 2.75) is 51.0 Å². The molecular weight excluding hydrogens is 176 g/mol. The fourth-order valence-electron chi connectivity index (χ4n) is 3.03. The van der Waals surface area contributed by atoms with E-state index in [1.54, 1.807) is 0 Å². The van der Waals surface area contributed by atoms with Gasteiger partial charge in [-0.1, -0.05) is 32.1 Å². The van der Waals surface area contributed by atoms with Crippen molar-refractivity contribution in [3.8, 4) is 0 Å². The van der Waals surface area contributed by atoms with Crippen LogP contribution in [0.5, 0.6) is 0 Å². The quantitative estimate of drug-likeness (QED) is 0.751. The normalized spacial score (nSPS) is 31.1. The lowest BCUT2D eigenvalue weighted by molar-refractivity contribution is -0.106. The average molecular weight is 198 g/mol. The monoisotopic (exact) mass is 198 g/mol. The molecule has 0 aromatic heterocycles. The van der Waals surface area contributed by atoms with Gasteiger partial charge in [-0.05, 0) is 24.7 Å². The maximum atomic E-state index is 9.08. The molecule has 1 saturated carbocycles. The summed E-state index contributed by atoms with van der Waals surface area (Å²) in [5.41, 5.74) is 0. The first kappa shape index (κ1) is 10.4. The van der Waals surface area contributed by atoms with Gasteiger partial charge in [-0.2, -0.15) is 0 Å². The third-order valence-corrected chi connectivity index (χ3v) is 3.93. The van der Waals surface area contributed by atoms with E-state index in [2.05, 4.69) is 0 Å². The Morgan fingerprint density at radius 1 is 1.14 bits per heavy atom. The molecule has 2 atom stereocenters. The first-order valence-corrected chi connectivity index (χ1v) is 6.14. The van der Waals surface area contributed by atoms with Crippen molar-refractivity contribution >= 4 is 0 Å². The highest BCUT2D eigenvalue weighted by molar-refractivity contribution is 4.83. The van der Waals surface area contributed by atoms with Crippen molar-refractivity contribution < 1.29 is 9.84 Å². The van der Waals surface area contributed by atoms with Gasteiger partial charge in [0.2, 0.25) is 0 Å². The molecule has 1 N–H and O–H groups in total. The average Bonchev–Trinajstić information content (AvgIpc) is 2.16. The molecule has 2 rings (SSSR count). The Kier molecular flexibility index (Phi) is 3.82.